The highest BCUT2D eigenvalue weighted by Gasteiger charge is 2.40. The molecule has 6 nitrogen and oxygen atoms in total. The summed E-state index contributed by atoms with van der Waals surface area (Å²) in [6.07, 6.45) is 0.634. The van der Waals surface area contributed by atoms with E-state index in [2.05, 4.69) is 0 Å². The van der Waals surface area contributed by atoms with E-state index in [0.29, 0.717) is 35.8 Å². The first-order valence-electron chi connectivity index (χ1n) is 8.74. The third-order valence-electron chi connectivity index (χ3n) is 5.77. The van der Waals surface area contributed by atoms with Crippen molar-refractivity contribution in [3.05, 3.63) is 35.9 Å². The molecular weight excluding hydrogens is 386 g/mol. The lowest BCUT2D eigenvalue weighted by molar-refractivity contribution is 0.0999. The summed E-state index contributed by atoms with van der Waals surface area (Å²) in [6, 6.07) is 8.60. The number of sulfonamides is 1. The minimum atomic E-state index is -3.68. The number of piperidine rings is 1. The molecule has 146 valence electrons. The molecular formula is C19H24ClN3O3S. The highest BCUT2D eigenvalue weighted by atomic mass is 35.5. The zero-order valence-electron chi connectivity index (χ0n) is 15.6. The standard InChI is InChI=1S/C19H23N3O3S.ClH/c1-19(2)11-22(10-9-16(19)20)26(24,25)15-8-7-14-17-12(15)5-4-6-13(17)18(23)21(14)3;/h4-8,16H,9-11,20H2,1-3H3;1H. The molecule has 1 amide bonds. The van der Waals surface area contributed by atoms with Crippen molar-refractivity contribution in [1.29, 1.82) is 0 Å². The van der Waals surface area contributed by atoms with Gasteiger partial charge in [-0.25, -0.2) is 8.42 Å². The number of rotatable bonds is 2. The Hall–Kier alpha value is -1.67. The predicted molar refractivity (Wildman–Crippen MR) is 109 cm³/mol. The van der Waals surface area contributed by atoms with Crippen LogP contribution in [0.2, 0.25) is 0 Å². The van der Waals surface area contributed by atoms with E-state index in [0.717, 1.165) is 5.69 Å². The van der Waals surface area contributed by atoms with Crippen molar-refractivity contribution in [2.75, 3.05) is 25.0 Å². The van der Waals surface area contributed by atoms with Crippen LogP contribution in [0.15, 0.2) is 35.2 Å². The van der Waals surface area contributed by atoms with Crippen molar-refractivity contribution >= 4 is 44.8 Å². The SMILES string of the molecule is CN1C(=O)c2cccc3c(S(=O)(=O)N4CCC(N)C(C)(C)C4)ccc1c23.Cl. The van der Waals surface area contributed by atoms with Crippen molar-refractivity contribution in [3.63, 3.8) is 0 Å². The molecule has 2 aromatic rings. The predicted octanol–water partition coefficient (Wildman–Crippen LogP) is 2.60. The Morgan fingerprint density at radius 3 is 2.56 bits per heavy atom. The van der Waals surface area contributed by atoms with Crippen LogP contribution >= 0.6 is 12.4 Å². The summed E-state index contributed by atoms with van der Waals surface area (Å²) in [5, 5.41) is 1.32. The van der Waals surface area contributed by atoms with E-state index >= 15 is 0 Å². The molecule has 1 saturated heterocycles. The monoisotopic (exact) mass is 409 g/mol. The average Bonchev–Trinajstić information content (AvgIpc) is 2.84. The Bertz CT molecular complexity index is 1040. The van der Waals surface area contributed by atoms with E-state index in [4.69, 9.17) is 5.73 Å². The fourth-order valence-corrected chi connectivity index (χ4v) is 5.82. The van der Waals surface area contributed by atoms with Gasteiger partial charge in [-0.15, -0.1) is 12.4 Å². The van der Waals surface area contributed by atoms with Crippen LogP contribution in [0.5, 0.6) is 0 Å². The topological polar surface area (TPSA) is 83.7 Å². The lowest BCUT2D eigenvalue weighted by Crippen LogP contribution is -2.53. The quantitative estimate of drug-likeness (QED) is 0.826. The van der Waals surface area contributed by atoms with Crippen LogP contribution in [0, 0.1) is 5.41 Å². The van der Waals surface area contributed by atoms with E-state index in [9.17, 15) is 13.2 Å². The molecule has 2 aliphatic heterocycles. The Labute approximate surface area is 165 Å². The lowest BCUT2D eigenvalue weighted by Gasteiger charge is -2.41. The minimum absolute atomic E-state index is 0. The first-order chi connectivity index (χ1) is 12.1. The van der Waals surface area contributed by atoms with Crippen LogP contribution in [0.4, 0.5) is 5.69 Å². The van der Waals surface area contributed by atoms with E-state index in [1.165, 1.54) is 4.31 Å². The summed E-state index contributed by atoms with van der Waals surface area (Å²) < 4.78 is 28.3. The first-order valence-corrected chi connectivity index (χ1v) is 10.2. The Kier molecular flexibility index (Phi) is 4.79. The van der Waals surface area contributed by atoms with E-state index in [1.807, 2.05) is 13.8 Å². The molecule has 4 rings (SSSR count). The Morgan fingerprint density at radius 2 is 1.89 bits per heavy atom. The third kappa shape index (κ3) is 2.84. The van der Waals surface area contributed by atoms with Gasteiger partial charge in [-0.3, -0.25) is 4.79 Å². The second kappa shape index (κ2) is 6.44. The molecule has 2 N–H and O–H groups in total. The van der Waals surface area contributed by atoms with Gasteiger partial charge in [0, 0.05) is 42.5 Å². The van der Waals surface area contributed by atoms with Gasteiger partial charge in [0.05, 0.1) is 10.6 Å². The number of amides is 1. The molecule has 1 atom stereocenters. The maximum Gasteiger partial charge on any atom is 0.258 e. The zero-order valence-corrected chi connectivity index (χ0v) is 17.2. The average molecular weight is 410 g/mol. The van der Waals surface area contributed by atoms with Gasteiger partial charge in [-0.05, 0) is 30.0 Å². The van der Waals surface area contributed by atoms with E-state index in [-0.39, 0.29) is 34.7 Å². The Morgan fingerprint density at radius 1 is 1.19 bits per heavy atom. The molecule has 0 bridgehead atoms. The molecule has 27 heavy (non-hydrogen) atoms. The maximum absolute atomic E-state index is 13.4. The van der Waals surface area contributed by atoms with Crippen molar-refractivity contribution in [3.8, 4) is 0 Å². The second-order valence-electron chi connectivity index (χ2n) is 7.90. The van der Waals surface area contributed by atoms with E-state index < -0.39 is 10.0 Å². The van der Waals surface area contributed by atoms with Gasteiger partial charge >= 0.3 is 0 Å². The van der Waals surface area contributed by atoms with Crippen molar-refractivity contribution in [2.45, 2.75) is 31.2 Å². The van der Waals surface area contributed by atoms with E-state index in [1.54, 1.807) is 42.3 Å². The van der Waals surface area contributed by atoms with Gasteiger partial charge < -0.3 is 10.6 Å². The van der Waals surface area contributed by atoms with Gasteiger partial charge in [-0.2, -0.15) is 4.31 Å². The molecule has 0 spiro atoms. The first kappa shape index (κ1) is 20.1. The molecule has 8 heteroatoms. The van der Waals surface area contributed by atoms with Crippen molar-refractivity contribution in [2.24, 2.45) is 11.1 Å². The van der Waals surface area contributed by atoms with Crippen LogP contribution < -0.4 is 10.6 Å². The molecule has 0 aromatic heterocycles. The molecule has 2 aliphatic rings. The molecule has 0 radical (unpaired) electrons. The summed E-state index contributed by atoms with van der Waals surface area (Å²) in [5.41, 5.74) is 7.18. The number of hydrogen-bond acceptors (Lipinski definition) is 4. The van der Waals surface area contributed by atoms with Gasteiger partial charge in [0.25, 0.3) is 5.91 Å². The number of hydrogen-bond donors (Lipinski definition) is 1. The molecule has 1 unspecified atom stereocenters. The molecule has 2 heterocycles. The maximum atomic E-state index is 13.4. The largest absolute Gasteiger partial charge is 0.327 e. The highest BCUT2D eigenvalue weighted by molar-refractivity contribution is 7.89. The highest BCUT2D eigenvalue weighted by Crippen LogP contribution is 2.41. The summed E-state index contributed by atoms with van der Waals surface area (Å²) >= 11 is 0. The smallest absolute Gasteiger partial charge is 0.258 e. The molecule has 1 fully saturated rings. The molecule has 2 aromatic carbocycles. The zero-order chi connectivity index (χ0) is 18.9. The fourth-order valence-electron chi connectivity index (χ4n) is 4.00. The van der Waals surface area contributed by atoms with Gasteiger partial charge in [0.2, 0.25) is 10.0 Å². The number of carbonyl (C=O) groups excluding carboxylic acids is 1. The molecule has 0 saturated carbocycles. The van der Waals surface area contributed by atoms with Gasteiger partial charge in [0.1, 0.15) is 0 Å². The number of halogens is 1. The lowest BCUT2D eigenvalue weighted by atomic mass is 9.81. The number of nitrogens with zero attached hydrogens (tertiary/aromatic N) is 2. The summed E-state index contributed by atoms with van der Waals surface area (Å²) in [6.45, 7) is 4.80. The summed E-state index contributed by atoms with van der Waals surface area (Å²) in [4.78, 5) is 14.2. The number of nitrogens with two attached hydrogens (primary N) is 1. The van der Waals surface area contributed by atoms with Gasteiger partial charge in [0.15, 0.2) is 0 Å². The van der Waals surface area contributed by atoms with Crippen LogP contribution in [0.1, 0.15) is 30.6 Å². The van der Waals surface area contributed by atoms with Gasteiger partial charge in [-0.1, -0.05) is 26.0 Å². The van der Waals surface area contributed by atoms with Crippen molar-refractivity contribution in [1.82, 2.24) is 4.31 Å². The minimum Gasteiger partial charge on any atom is -0.327 e. The molecule has 0 aliphatic carbocycles. The normalized spacial score (nSPS) is 22.1. The summed E-state index contributed by atoms with van der Waals surface area (Å²) in [5.74, 6) is -0.106. The summed E-state index contributed by atoms with van der Waals surface area (Å²) in [7, 11) is -1.97. The third-order valence-corrected chi connectivity index (χ3v) is 7.67. The van der Waals surface area contributed by atoms with Crippen LogP contribution in [-0.2, 0) is 10.0 Å². The fraction of sp³-hybridized carbons (Fsp3) is 0.421. The number of benzene rings is 2. The second-order valence-corrected chi connectivity index (χ2v) is 9.80. The number of carbonyl (C=O) groups is 1. The van der Waals surface area contributed by atoms with Crippen molar-refractivity contribution < 1.29 is 13.2 Å². The van der Waals surface area contributed by atoms with Crippen LogP contribution in [-0.4, -0.2) is 44.8 Å². The van der Waals surface area contributed by atoms with Crippen LogP contribution in [0.3, 0.4) is 0 Å². The Balaban J connectivity index is 0.00000210. The van der Waals surface area contributed by atoms with Crippen LogP contribution in [0.25, 0.3) is 10.8 Å². The number of anilines is 1.